The molecule has 2 aliphatic rings. The van der Waals surface area contributed by atoms with Crippen LogP contribution in [0.1, 0.15) is 54.9 Å². The number of ether oxygens (including phenoxy) is 1. The smallest absolute Gasteiger partial charge is 0.132 e. The van der Waals surface area contributed by atoms with Crippen molar-refractivity contribution in [3.8, 4) is 21.6 Å². The third kappa shape index (κ3) is 4.17. The topological polar surface area (TPSA) is 9.23 Å². The minimum atomic E-state index is -0.145. The van der Waals surface area contributed by atoms with Crippen LogP contribution < -0.4 is 0 Å². The van der Waals surface area contributed by atoms with Gasteiger partial charge in [-0.05, 0) is 72.6 Å². The summed E-state index contributed by atoms with van der Waals surface area (Å²) in [5.74, 6) is 0.568. The lowest BCUT2D eigenvalue weighted by molar-refractivity contribution is 0.112. The van der Waals surface area contributed by atoms with Crippen LogP contribution in [0.15, 0.2) is 54.6 Å². The normalized spacial score (nSPS) is 19.8. The molecule has 1 unspecified atom stereocenters. The molecule has 1 aliphatic heterocycles. The van der Waals surface area contributed by atoms with E-state index in [2.05, 4.69) is 30.3 Å². The van der Waals surface area contributed by atoms with Crippen LogP contribution in [0.5, 0.6) is 0 Å². The Bertz CT molecular complexity index is 963. The van der Waals surface area contributed by atoms with Crippen LogP contribution in [0, 0.1) is 5.82 Å². The highest BCUT2D eigenvalue weighted by Crippen LogP contribution is 2.36. The number of rotatable bonds is 5. The van der Waals surface area contributed by atoms with Gasteiger partial charge in [-0.1, -0.05) is 43.2 Å². The molecule has 0 amide bonds. The summed E-state index contributed by atoms with van der Waals surface area (Å²) in [4.78, 5) is 2.27. The molecule has 1 aromatic heterocycles. The molecule has 0 spiro atoms. The molecule has 2 fully saturated rings. The van der Waals surface area contributed by atoms with E-state index in [1.165, 1.54) is 36.1 Å². The van der Waals surface area contributed by atoms with Crippen LogP contribution in [0.3, 0.4) is 0 Å². The Morgan fingerprint density at radius 2 is 1.66 bits per heavy atom. The zero-order valence-electron chi connectivity index (χ0n) is 16.7. The number of benzene rings is 2. The Balaban J connectivity index is 1.33. The standard InChI is InChI=1S/C26H27FOS/c27-25-16-21(20-9-7-19(8-10-20)18-4-1-2-5-18)11-13-24(25)26-14-12-23(29-26)17-22-6-3-15-28-22/h7-14,16,18,22H,1-6,15,17H2. The van der Waals surface area contributed by atoms with Crippen LogP contribution in [0.4, 0.5) is 4.39 Å². The summed E-state index contributed by atoms with van der Waals surface area (Å²) < 4.78 is 20.7. The van der Waals surface area contributed by atoms with Crippen LogP contribution in [0.2, 0.25) is 0 Å². The average Bonchev–Trinajstić information content (AvgIpc) is 3.52. The molecule has 0 bridgehead atoms. The first-order valence-corrected chi connectivity index (χ1v) is 11.7. The van der Waals surface area contributed by atoms with Crippen LogP contribution >= 0.6 is 11.3 Å². The second-order valence-corrected chi connectivity index (χ2v) is 9.57. The summed E-state index contributed by atoms with van der Waals surface area (Å²) in [6, 6.07) is 18.6. The molecule has 1 saturated carbocycles. The molecule has 1 nitrogen and oxygen atoms in total. The third-order valence-corrected chi connectivity index (χ3v) is 7.56. The molecule has 3 aromatic rings. The van der Waals surface area contributed by atoms with Crippen molar-refractivity contribution in [2.24, 2.45) is 0 Å². The summed E-state index contributed by atoms with van der Waals surface area (Å²) in [7, 11) is 0. The Hall–Kier alpha value is -1.97. The van der Waals surface area contributed by atoms with E-state index in [1.807, 2.05) is 18.2 Å². The fourth-order valence-corrected chi connectivity index (χ4v) is 5.86. The summed E-state index contributed by atoms with van der Waals surface area (Å²) in [5.41, 5.74) is 4.16. The molecule has 1 atom stereocenters. The van der Waals surface area contributed by atoms with Crippen molar-refractivity contribution in [3.05, 3.63) is 70.9 Å². The largest absolute Gasteiger partial charge is 0.378 e. The van der Waals surface area contributed by atoms with Crippen molar-refractivity contribution in [1.82, 2.24) is 0 Å². The third-order valence-electron chi connectivity index (χ3n) is 6.42. The SMILES string of the molecule is Fc1cc(-c2ccc(C3CCCC3)cc2)ccc1-c1ccc(CC2CCCO2)s1. The lowest BCUT2D eigenvalue weighted by Gasteiger charge is -2.11. The molecular formula is C26H27FOS. The van der Waals surface area contributed by atoms with E-state index in [9.17, 15) is 4.39 Å². The van der Waals surface area contributed by atoms with Gasteiger partial charge in [0, 0.05) is 28.3 Å². The Morgan fingerprint density at radius 3 is 2.38 bits per heavy atom. The van der Waals surface area contributed by atoms with Gasteiger partial charge >= 0.3 is 0 Å². The predicted molar refractivity (Wildman–Crippen MR) is 119 cm³/mol. The van der Waals surface area contributed by atoms with E-state index in [1.54, 1.807) is 17.4 Å². The first kappa shape index (κ1) is 19.0. The number of halogens is 1. The highest BCUT2D eigenvalue weighted by atomic mass is 32.1. The fraction of sp³-hybridized carbons (Fsp3) is 0.385. The van der Waals surface area contributed by atoms with Gasteiger partial charge in [-0.25, -0.2) is 4.39 Å². The van der Waals surface area contributed by atoms with E-state index < -0.39 is 0 Å². The molecule has 0 radical (unpaired) electrons. The van der Waals surface area contributed by atoms with E-state index in [-0.39, 0.29) is 5.82 Å². The molecule has 1 saturated heterocycles. The first-order valence-electron chi connectivity index (χ1n) is 10.9. The minimum absolute atomic E-state index is 0.145. The molecule has 29 heavy (non-hydrogen) atoms. The van der Waals surface area contributed by atoms with E-state index in [0.29, 0.717) is 17.6 Å². The summed E-state index contributed by atoms with van der Waals surface area (Å²) in [6.07, 6.45) is 8.86. The second-order valence-electron chi connectivity index (χ2n) is 8.40. The molecule has 5 rings (SSSR count). The maximum Gasteiger partial charge on any atom is 0.132 e. The maximum absolute atomic E-state index is 14.9. The Morgan fingerprint density at radius 1 is 0.862 bits per heavy atom. The van der Waals surface area contributed by atoms with Gasteiger partial charge in [0.2, 0.25) is 0 Å². The fourth-order valence-electron chi connectivity index (χ4n) is 4.76. The van der Waals surface area contributed by atoms with Gasteiger partial charge in [-0.3, -0.25) is 0 Å². The minimum Gasteiger partial charge on any atom is -0.378 e. The van der Waals surface area contributed by atoms with E-state index in [0.717, 1.165) is 41.9 Å². The van der Waals surface area contributed by atoms with Gasteiger partial charge in [-0.15, -0.1) is 11.3 Å². The van der Waals surface area contributed by atoms with Crippen LogP contribution in [-0.2, 0) is 11.2 Å². The summed E-state index contributed by atoms with van der Waals surface area (Å²) in [6.45, 7) is 0.876. The number of hydrogen-bond acceptors (Lipinski definition) is 2. The summed E-state index contributed by atoms with van der Waals surface area (Å²) in [5, 5.41) is 0. The molecular weight excluding hydrogens is 379 g/mol. The lowest BCUT2D eigenvalue weighted by atomic mass is 9.95. The molecule has 0 N–H and O–H groups in total. The van der Waals surface area contributed by atoms with Crippen molar-refractivity contribution in [2.75, 3.05) is 6.61 Å². The van der Waals surface area contributed by atoms with Crippen LogP contribution in [-0.4, -0.2) is 12.7 Å². The number of hydrogen-bond donors (Lipinski definition) is 0. The van der Waals surface area contributed by atoms with Crippen molar-refractivity contribution in [2.45, 2.75) is 57.0 Å². The quantitative estimate of drug-likeness (QED) is 0.424. The Kier molecular flexibility index (Phi) is 5.52. The first-order chi connectivity index (χ1) is 14.3. The second kappa shape index (κ2) is 8.41. The summed E-state index contributed by atoms with van der Waals surface area (Å²) >= 11 is 1.68. The zero-order valence-corrected chi connectivity index (χ0v) is 17.5. The molecule has 150 valence electrons. The van der Waals surface area contributed by atoms with Gasteiger partial charge in [-0.2, -0.15) is 0 Å². The van der Waals surface area contributed by atoms with Gasteiger partial charge in [0.25, 0.3) is 0 Å². The van der Waals surface area contributed by atoms with Crippen molar-refractivity contribution in [3.63, 3.8) is 0 Å². The molecule has 3 heteroatoms. The van der Waals surface area contributed by atoms with E-state index >= 15 is 0 Å². The van der Waals surface area contributed by atoms with Gasteiger partial charge < -0.3 is 4.74 Å². The monoisotopic (exact) mass is 406 g/mol. The lowest BCUT2D eigenvalue weighted by Crippen LogP contribution is -2.07. The van der Waals surface area contributed by atoms with Crippen molar-refractivity contribution >= 4 is 11.3 Å². The Labute approximate surface area is 176 Å². The maximum atomic E-state index is 14.9. The van der Waals surface area contributed by atoms with Crippen molar-refractivity contribution in [1.29, 1.82) is 0 Å². The predicted octanol–water partition coefficient (Wildman–Crippen LogP) is 7.60. The molecule has 2 heterocycles. The highest BCUT2D eigenvalue weighted by molar-refractivity contribution is 7.15. The molecule has 1 aliphatic carbocycles. The van der Waals surface area contributed by atoms with Gasteiger partial charge in [0.15, 0.2) is 0 Å². The van der Waals surface area contributed by atoms with Crippen LogP contribution in [0.25, 0.3) is 21.6 Å². The number of thiophene rings is 1. The highest BCUT2D eigenvalue weighted by Gasteiger charge is 2.18. The molecule has 2 aromatic carbocycles. The zero-order chi connectivity index (χ0) is 19.6. The van der Waals surface area contributed by atoms with E-state index in [4.69, 9.17) is 4.74 Å². The van der Waals surface area contributed by atoms with Gasteiger partial charge in [0.05, 0.1) is 6.10 Å². The van der Waals surface area contributed by atoms with Gasteiger partial charge in [0.1, 0.15) is 5.82 Å². The average molecular weight is 407 g/mol. The van der Waals surface area contributed by atoms with Crippen molar-refractivity contribution < 1.29 is 9.13 Å².